The Hall–Kier alpha value is -0.160. The van der Waals surface area contributed by atoms with E-state index in [1.165, 1.54) is 0 Å². The summed E-state index contributed by atoms with van der Waals surface area (Å²) in [4.78, 5) is 0. The molecule has 8 heavy (non-hydrogen) atoms. The third kappa shape index (κ3) is 5.84. The summed E-state index contributed by atoms with van der Waals surface area (Å²) in [6.07, 6.45) is -0.317. The third-order valence-electron chi connectivity index (χ3n) is 0.649. The molecule has 0 saturated carbocycles. The first-order chi connectivity index (χ1) is 3.42. The lowest BCUT2D eigenvalue weighted by Gasteiger charge is -2.19. The maximum Gasteiger partial charge on any atom is 0.118 e. The Morgan fingerprint density at radius 2 is 1.88 bits per heavy atom. The van der Waals surface area contributed by atoms with Crippen LogP contribution in [0.15, 0.2) is 0 Å². The molecule has 0 rings (SSSR count). The Bertz CT molecular complexity index is 66.2. The van der Waals surface area contributed by atoms with Crippen molar-refractivity contribution in [3.63, 3.8) is 0 Å². The van der Waals surface area contributed by atoms with E-state index in [0.29, 0.717) is 0 Å². The van der Waals surface area contributed by atoms with Gasteiger partial charge in [-0.15, -0.1) is 0 Å². The molecule has 1 atom stereocenters. The highest BCUT2D eigenvalue weighted by Gasteiger charge is 2.13. The van der Waals surface area contributed by atoms with Crippen molar-refractivity contribution in [3.8, 4) is 0 Å². The van der Waals surface area contributed by atoms with Crippen molar-refractivity contribution in [1.82, 2.24) is 0 Å². The molecule has 0 spiro atoms. The van der Waals surface area contributed by atoms with Gasteiger partial charge in [0.05, 0.1) is 6.10 Å². The minimum absolute atomic E-state index is 0.215. The van der Waals surface area contributed by atoms with Crippen LogP contribution in [-0.4, -0.2) is 17.0 Å². The maximum absolute atomic E-state index is 8.65. The van der Waals surface area contributed by atoms with Crippen LogP contribution in [0.5, 0.6) is 0 Å². The normalized spacial score (nSPS) is 16.1. The summed E-state index contributed by atoms with van der Waals surface area (Å²) < 4.78 is 0. The van der Waals surface area contributed by atoms with E-state index in [1.54, 1.807) is 6.92 Å². The van der Waals surface area contributed by atoms with Crippen molar-refractivity contribution in [1.29, 1.82) is 0 Å². The van der Waals surface area contributed by atoms with Crippen molar-refractivity contribution in [2.75, 3.05) is 0 Å². The molecule has 4 heteroatoms. The Kier molecular flexibility index (Phi) is 2.36. The predicted octanol–water partition coefficient (Wildman–Crippen LogP) is -1.71. The van der Waals surface area contributed by atoms with Gasteiger partial charge < -0.3 is 22.3 Å². The van der Waals surface area contributed by atoms with Crippen LogP contribution in [-0.2, 0) is 0 Å². The molecular formula is C4H13N3O. The van der Waals surface area contributed by atoms with Gasteiger partial charge in [0.1, 0.15) is 5.79 Å². The molecule has 0 aliphatic rings. The average Bonchev–Trinajstić information content (AvgIpc) is 1.21. The maximum atomic E-state index is 8.65. The topological polar surface area (TPSA) is 98.3 Å². The largest absolute Gasteiger partial charge is 0.393 e. The van der Waals surface area contributed by atoms with E-state index >= 15 is 0 Å². The van der Waals surface area contributed by atoms with Crippen LogP contribution in [0.3, 0.4) is 0 Å². The zero-order chi connectivity index (χ0) is 6.78. The molecular weight excluding hydrogens is 106 g/mol. The number of nitrogens with two attached hydrogens (primary N) is 3. The zero-order valence-electron chi connectivity index (χ0n) is 4.96. The van der Waals surface area contributed by atoms with Crippen molar-refractivity contribution in [2.45, 2.75) is 25.2 Å². The highest BCUT2D eigenvalue weighted by molar-refractivity contribution is 4.69. The highest BCUT2D eigenvalue weighted by atomic mass is 16.3. The molecule has 0 fully saturated rings. The molecule has 0 aromatic heterocycles. The van der Waals surface area contributed by atoms with E-state index in [-0.39, 0.29) is 6.42 Å². The van der Waals surface area contributed by atoms with Crippen LogP contribution >= 0.6 is 0 Å². The van der Waals surface area contributed by atoms with Gasteiger partial charge in [-0.1, -0.05) is 0 Å². The second-order valence-electron chi connectivity index (χ2n) is 2.17. The molecule has 0 radical (unpaired) electrons. The van der Waals surface area contributed by atoms with Crippen molar-refractivity contribution in [3.05, 3.63) is 0 Å². The van der Waals surface area contributed by atoms with Gasteiger partial charge in [0.25, 0.3) is 0 Å². The van der Waals surface area contributed by atoms with Crippen molar-refractivity contribution in [2.24, 2.45) is 17.2 Å². The minimum Gasteiger partial charge on any atom is -0.393 e. The van der Waals surface area contributed by atoms with E-state index in [4.69, 9.17) is 22.3 Å². The quantitative estimate of drug-likeness (QED) is 0.325. The third-order valence-corrected chi connectivity index (χ3v) is 0.649. The Labute approximate surface area is 48.6 Å². The van der Waals surface area contributed by atoms with Crippen molar-refractivity contribution >= 4 is 0 Å². The number of rotatable bonds is 2. The van der Waals surface area contributed by atoms with Crippen LogP contribution in [0.1, 0.15) is 13.3 Å². The Morgan fingerprint density at radius 3 is 1.88 bits per heavy atom. The zero-order valence-corrected chi connectivity index (χ0v) is 4.96. The van der Waals surface area contributed by atoms with Gasteiger partial charge >= 0.3 is 0 Å². The molecule has 7 N–H and O–H groups in total. The molecule has 0 unspecified atom stereocenters. The Morgan fingerprint density at radius 1 is 1.50 bits per heavy atom. The molecule has 0 amide bonds. The lowest BCUT2D eigenvalue weighted by molar-refractivity contribution is 0.152. The molecule has 0 heterocycles. The van der Waals surface area contributed by atoms with Crippen LogP contribution in [0.25, 0.3) is 0 Å². The summed E-state index contributed by atoms with van der Waals surface area (Å²) in [5.41, 5.74) is 15.4. The molecule has 0 aliphatic heterocycles. The van der Waals surface area contributed by atoms with E-state index in [9.17, 15) is 0 Å². The van der Waals surface area contributed by atoms with Gasteiger partial charge in [0.2, 0.25) is 0 Å². The summed E-state index contributed by atoms with van der Waals surface area (Å²) in [7, 11) is 0. The number of hydrogen-bond donors (Lipinski definition) is 4. The van der Waals surface area contributed by atoms with E-state index < -0.39 is 11.9 Å². The van der Waals surface area contributed by atoms with Gasteiger partial charge in [-0.2, -0.15) is 0 Å². The fourth-order valence-electron chi connectivity index (χ4n) is 0.512. The smallest absolute Gasteiger partial charge is 0.118 e. The predicted molar refractivity (Wildman–Crippen MR) is 31.6 cm³/mol. The van der Waals surface area contributed by atoms with Gasteiger partial charge in [-0.05, 0) is 6.92 Å². The average molecular weight is 119 g/mol. The molecule has 50 valence electrons. The summed E-state index contributed by atoms with van der Waals surface area (Å²) in [6.45, 7) is 1.58. The number of hydrogen-bond acceptors (Lipinski definition) is 4. The van der Waals surface area contributed by atoms with Crippen LogP contribution in [0, 0.1) is 0 Å². The molecule has 0 aromatic carbocycles. The number of aliphatic hydroxyl groups excluding tert-OH is 1. The van der Waals surface area contributed by atoms with Crippen LogP contribution in [0.2, 0.25) is 0 Å². The van der Waals surface area contributed by atoms with Crippen LogP contribution in [0.4, 0.5) is 0 Å². The fraction of sp³-hybridized carbons (Fsp3) is 1.00. The fourth-order valence-corrected chi connectivity index (χ4v) is 0.512. The monoisotopic (exact) mass is 119 g/mol. The first-order valence-electron chi connectivity index (χ1n) is 2.46. The SMILES string of the molecule is C[C@@H](O)CC(N)(N)N. The highest BCUT2D eigenvalue weighted by Crippen LogP contribution is 1.93. The summed E-state index contributed by atoms with van der Waals surface area (Å²) in [5, 5.41) is 8.65. The van der Waals surface area contributed by atoms with E-state index in [2.05, 4.69) is 0 Å². The van der Waals surface area contributed by atoms with Gasteiger partial charge in [0, 0.05) is 6.42 Å². The Balaban J connectivity index is 3.39. The summed E-state index contributed by atoms with van der Waals surface area (Å²) >= 11 is 0. The van der Waals surface area contributed by atoms with Crippen LogP contribution < -0.4 is 17.2 Å². The molecule has 0 aromatic rings. The van der Waals surface area contributed by atoms with Crippen molar-refractivity contribution < 1.29 is 5.11 Å². The summed E-state index contributed by atoms with van der Waals surface area (Å²) in [6, 6.07) is 0. The molecule has 4 nitrogen and oxygen atoms in total. The van der Waals surface area contributed by atoms with Gasteiger partial charge in [-0.25, -0.2) is 0 Å². The molecule has 0 bridgehead atoms. The van der Waals surface area contributed by atoms with Gasteiger partial charge in [-0.3, -0.25) is 0 Å². The van der Waals surface area contributed by atoms with E-state index in [0.717, 1.165) is 0 Å². The molecule has 0 saturated heterocycles. The summed E-state index contributed by atoms with van der Waals surface area (Å²) in [5.74, 6) is -1.23. The standard InChI is InChI=1S/C4H13N3O/c1-3(8)2-4(5,6)7/h3,8H,2,5-7H2,1H3/t3-/m1/s1. The lowest BCUT2D eigenvalue weighted by atomic mass is 10.2. The number of aliphatic hydroxyl groups is 1. The molecule has 0 aliphatic carbocycles. The second kappa shape index (κ2) is 2.41. The van der Waals surface area contributed by atoms with E-state index in [1.807, 2.05) is 0 Å². The lowest BCUT2D eigenvalue weighted by Crippen LogP contribution is -2.59. The minimum atomic E-state index is -1.23. The second-order valence-corrected chi connectivity index (χ2v) is 2.17. The first kappa shape index (κ1) is 7.84. The van der Waals surface area contributed by atoms with Gasteiger partial charge in [0.15, 0.2) is 0 Å². The first-order valence-corrected chi connectivity index (χ1v) is 2.46.